The second-order valence-electron chi connectivity index (χ2n) is 7.51. The van der Waals surface area contributed by atoms with Gasteiger partial charge in [-0.05, 0) is 44.4 Å². The van der Waals surface area contributed by atoms with Gasteiger partial charge < -0.3 is 20.3 Å². The average molecular weight is 339 g/mol. The van der Waals surface area contributed by atoms with Crippen molar-refractivity contribution in [2.24, 2.45) is 10.4 Å². The Kier molecular flexibility index (Phi) is 8.33. The third-order valence-corrected chi connectivity index (χ3v) is 5.87. The number of ether oxygens (including phenoxy) is 1. The van der Waals surface area contributed by atoms with E-state index >= 15 is 0 Å². The van der Waals surface area contributed by atoms with Gasteiger partial charge >= 0.3 is 0 Å². The lowest BCUT2D eigenvalue weighted by atomic mass is 9.84. The van der Waals surface area contributed by atoms with E-state index in [1.165, 1.54) is 44.9 Å². The fraction of sp³-hybridized carbons (Fsp3) is 0.947. The maximum Gasteiger partial charge on any atom is 0.191 e. The Morgan fingerprint density at radius 1 is 1.21 bits per heavy atom. The van der Waals surface area contributed by atoms with Crippen molar-refractivity contribution in [3.63, 3.8) is 0 Å². The molecule has 0 aromatic heterocycles. The molecule has 0 amide bonds. The SMILES string of the molecule is CCNC(=NCC1(CC)CCCC1)NC1CCN(CCOC)CC1. The lowest BCUT2D eigenvalue weighted by Crippen LogP contribution is -2.49. The number of hydrogen-bond acceptors (Lipinski definition) is 3. The maximum absolute atomic E-state index is 5.18. The molecule has 0 unspecified atom stereocenters. The first-order valence-corrected chi connectivity index (χ1v) is 9.97. The fourth-order valence-corrected chi connectivity index (χ4v) is 4.03. The molecule has 2 rings (SSSR count). The van der Waals surface area contributed by atoms with Crippen LogP contribution in [0.5, 0.6) is 0 Å². The van der Waals surface area contributed by atoms with Crippen LogP contribution in [0, 0.1) is 5.41 Å². The van der Waals surface area contributed by atoms with Crippen molar-refractivity contribution in [2.45, 2.75) is 64.8 Å². The molecule has 140 valence electrons. The van der Waals surface area contributed by atoms with Gasteiger partial charge in [0.1, 0.15) is 0 Å². The van der Waals surface area contributed by atoms with E-state index in [4.69, 9.17) is 9.73 Å². The minimum atomic E-state index is 0.464. The molecule has 24 heavy (non-hydrogen) atoms. The summed E-state index contributed by atoms with van der Waals surface area (Å²) in [6.45, 7) is 10.6. The molecule has 0 aromatic rings. The van der Waals surface area contributed by atoms with Crippen molar-refractivity contribution in [1.82, 2.24) is 15.5 Å². The van der Waals surface area contributed by atoms with E-state index in [9.17, 15) is 0 Å². The summed E-state index contributed by atoms with van der Waals surface area (Å²) in [5, 5.41) is 7.13. The molecular formula is C19H38N4O. The van der Waals surface area contributed by atoms with Gasteiger partial charge in [-0.1, -0.05) is 19.8 Å². The summed E-state index contributed by atoms with van der Waals surface area (Å²) in [5.74, 6) is 1.02. The molecular weight excluding hydrogens is 300 g/mol. The quantitative estimate of drug-likeness (QED) is 0.528. The van der Waals surface area contributed by atoms with Gasteiger partial charge in [-0.3, -0.25) is 4.99 Å². The normalized spacial score (nSPS) is 22.7. The fourth-order valence-electron chi connectivity index (χ4n) is 4.03. The molecule has 1 saturated heterocycles. The van der Waals surface area contributed by atoms with E-state index < -0.39 is 0 Å². The van der Waals surface area contributed by atoms with Crippen LogP contribution in [0.1, 0.15) is 58.8 Å². The molecule has 2 N–H and O–H groups in total. The van der Waals surface area contributed by atoms with E-state index in [0.29, 0.717) is 11.5 Å². The lowest BCUT2D eigenvalue weighted by molar-refractivity contribution is 0.128. The first-order chi connectivity index (χ1) is 11.7. The van der Waals surface area contributed by atoms with Crippen LogP contribution in [-0.2, 0) is 4.74 Å². The predicted octanol–water partition coefficient (Wildman–Crippen LogP) is 2.62. The number of aliphatic imine (C=N–C) groups is 1. The highest BCUT2D eigenvalue weighted by atomic mass is 16.5. The highest BCUT2D eigenvalue weighted by Crippen LogP contribution is 2.41. The van der Waals surface area contributed by atoms with E-state index in [1.54, 1.807) is 7.11 Å². The molecule has 1 aliphatic heterocycles. The van der Waals surface area contributed by atoms with Gasteiger partial charge in [-0.25, -0.2) is 0 Å². The van der Waals surface area contributed by atoms with Gasteiger partial charge in [-0.15, -0.1) is 0 Å². The molecule has 1 saturated carbocycles. The first-order valence-electron chi connectivity index (χ1n) is 9.97. The van der Waals surface area contributed by atoms with Crippen LogP contribution in [0.15, 0.2) is 4.99 Å². The molecule has 2 aliphatic rings. The summed E-state index contributed by atoms with van der Waals surface area (Å²) in [4.78, 5) is 7.46. The zero-order valence-corrected chi connectivity index (χ0v) is 16.1. The molecule has 5 nitrogen and oxygen atoms in total. The number of likely N-dealkylation sites (tertiary alicyclic amines) is 1. The molecule has 0 bridgehead atoms. The molecule has 1 aliphatic carbocycles. The molecule has 5 heteroatoms. The number of hydrogen-bond donors (Lipinski definition) is 2. The van der Waals surface area contributed by atoms with Crippen molar-refractivity contribution in [1.29, 1.82) is 0 Å². The molecule has 2 fully saturated rings. The molecule has 0 atom stereocenters. The van der Waals surface area contributed by atoms with E-state index in [-0.39, 0.29) is 0 Å². The monoisotopic (exact) mass is 338 g/mol. The zero-order valence-electron chi connectivity index (χ0n) is 16.1. The van der Waals surface area contributed by atoms with Gasteiger partial charge in [0.2, 0.25) is 0 Å². The molecule has 1 heterocycles. The van der Waals surface area contributed by atoms with Gasteiger partial charge in [0, 0.05) is 45.9 Å². The van der Waals surface area contributed by atoms with Crippen molar-refractivity contribution in [3.8, 4) is 0 Å². The van der Waals surface area contributed by atoms with Crippen LogP contribution < -0.4 is 10.6 Å². The number of nitrogens with zero attached hydrogens (tertiary/aromatic N) is 2. The van der Waals surface area contributed by atoms with Crippen molar-refractivity contribution in [2.75, 3.05) is 46.4 Å². The summed E-state index contributed by atoms with van der Waals surface area (Å²) in [5.41, 5.74) is 0.464. The third-order valence-electron chi connectivity index (χ3n) is 5.87. The van der Waals surface area contributed by atoms with Crippen LogP contribution in [0.25, 0.3) is 0 Å². The van der Waals surface area contributed by atoms with Gasteiger partial charge in [0.05, 0.1) is 6.61 Å². The summed E-state index contributed by atoms with van der Waals surface area (Å²) in [6.07, 6.45) is 9.10. The topological polar surface area (TPSA) is 48.9 Å². The molecule has 0 spiro atoms. The smallest absolute Gasteiger partial charge is 0.191 e. The Balaban J connectivity index is 1.81. The van der Waals surface area contributed by atoms with Gasteiger partial charge in [-0.2, -0.15) is 0 Å². The number of rotatable bonds is 8. The largest absolute Gasteiger partial charge is 0.383 e. The van der Waals surface area contributed by atoms with E-state index in [1.807, 2.05) is 0 Å². The Morgan fingerprint density at radius 3 is 2.50 bits per heavy atom. The summed E-state index contributed by atoms with van der Waals surface area (Å²) in [7, 11) is 1.78. The number of guanidine groups is 1. The third kappa shape index (κ3) is 5.92. The van der Waals surface area contributed by atoms with Crippen LogP contribution >= 0.6 is 0 Å². The summed E-state index contributed by atoms with van der Waals surface area (Å²) < 4.78 is 5.18. The molecule has 0 radical (unpaired) electrons. The van der Waals surface area contributed by atoms with E-state index in [0.717, 1.165) is 45.3 Å². The van der Waals surface area contributed by atoms with Crippen LogP contribution in [0.3, 0.4) is 0 Å². The predicted molar refractivity (Wildman–Crippen MR) is 102 cm³/mol. The Hall–Kier alpha value is -0.810. The van der Waals surface area contributed by atoms with Crippen molar-refractivity contribution in [3.05, 3.63) is 0 Å². The van der Waals surface area contributed by atoms with Crippen LogP contribution in [0.2, 0.25) is 0 Å². The standard InChI is InChI=1S/C19H38N4O/c1-4-19(10-6-7-11-19)16-21-18(20-5-2)22-17-8-12-23(13-9-17)14-15-24-3/h17H,4-16H2,1-3H3,(H2,20,21,22). The van der Waals surface area contributed by atoms with Gasteiger partial charge in [0.25, 0.3) is 0 Å². The Labute approximate surface area is 148 Å². The number of methoxy groups -OCH3 is 1. The highest BCUT2D eigenvalue weighted by molar-refractivity contribution is 5.80. The summed E-state index contributed by atoms with van der Waals surface area (Å²) >= 11 is 0. The average Bonchev–Trinajstić information content (AvgIpc) is 3.09. The minimum Gasteiger partial charge on any atom is -0.383 e. The molecule has 0 aromatic carbocycles. The lowest BCUT2D eigenvalue weighted by Gasteiger charge is -2.33. The zero-order chi connectivity index (χ0) is 17.3. The summed E-state index contributed by atoms with van der Waals surface area (Å²) in [6, 6.07) is 0.544. The second-order valence-corrected chi connectivity index (χ2v) is 7.51. The van der Waals surface area contributed by atoms with Crippen molar-refractivity contribution < 1.29 is 4.74 Å². The number of piperidine rings is 1. The highest BCUT2D eigenvalue weighted by Gasteiger charge is 2.31. The Bertz CT molecular complexity index is 372. The van der Waals surface area contributed by atoms with Crippen LogP contribution in [0.4, 0.5) is 0 Å². The number of nitrogens with one attached hydrogen (secondary N) is 2. The van der Waals surface area contributed by atoms with Crippen molar-refractivity contribution >= 4 is 5.96 Å². The maximum atomic E-state index is 5.18. The Morgan fingerprint density at radius 2 is 1.92 bits per heavy atom. The minimum absolute atomic E-state index is 0.464. The van der Waals surface area contributed by atoms with Gasteiger partial charge in [0.15, 0.2) is 5.96 Å². The van der Waals surface area contributed by atoms with E-state index in [2.05, 4.69) is 29.4 Å². The van der Waals surface area contributed by atoms with Crippen LogP contribution in [-0.4, -0.2) is 63.3 Å². The second kappa shape index (κ2) is 10.2. The first kappa shape index (κ1) is 19.5.